The van der Waals surface area contributed by atoms with Crippen LogP contribution in [0.15, 0.2) is 48.8 Å². The number of hydrogen-bond donors (Lipinski definition) is 3. The van der Waals surface area contributed by atoms with Crippen LogP contribution in [-0.4, -0.2) is 41.2 Å². The maximum atomic E-state index is 11.9. The number of fused-ring (bicyclic) bond motifs is 1. The van der Waals surface area contributed by atoms with Crippen LogP contribution in [0.2, 0.25) is 0 Å². The number of nitriles is 2. The molecule has 12 heteroatoms. The number of rotatable bonds is 9. The van der Waals surface area contributed by atoms with Crippen LogP contribution in [0, 0.1) is 28.1 Å². The van der Waals surface area contributed by atoms with Crippen molar-refractivity contribution in [1.82, 2.24) is 20.0 Å². The predicted molar refractivity (Wildman–Crippen MR) is 158 cm³/mol. The van der Waals surface area contributed by atoms with Crippen LogP contribution in [0.3, 0.4) is 0 Å². The number of anilines is 3. The zero-order valence-electron chi connectivity index (χ0n) is 23.3. The van der Waals surface area contributed by atoms with E-state index in [0.717, 1.165) is 24.7 Å². The van der Waals surface area contributed by atoms with Gasteiger partial charge in [-0.15, -0.1) is 5.10 Å². The zero-order valence-corrected chi connectivity index (χ0v) is 24.1. The summed E-state index contributed by atoms with van der Waals surface area (Å²) in [5.74, 6) is 0. The van der Waals surface area contributed by atoms with E-state index in [9.17, 15) is 18.9 Å². The molecule has 1 fully saturated rings. The van der Waals surface area contributed by atoms with Gasteiger partial charge >= 0.3 is 0 Å². The summed E-state index contributed by atoms with van der Waals surface area (Å²) < 4.78 is 28.2. The van der Waals surface area contributed by atoms with E-state index in [-0.39, 0.29) is 5.41 Å². The van der Waals surface area contributed by atoms with Crippen LogP contribution in [0.5, 0.6) is 0 Å². The molecule has 41 heavy (non-hydrogen) atoms. The minimum atomic E-state index is -3.48. The molecule has 11 nitrogen and oxygen atoms in total. The zero-order chi connectivity index (χ0) is 29.4. The number of nitrogens with one attached hydrogen (secondary N) is 3. The van der Waals surface area contributed by atoms with Gasteiger partial charge in [-0.05, 0) is 48.1 Å². The van der Waals surface area contributed by atoms with Gasteiger partial charge in [0, 0.05) is 29.5 Å². The van der Waals surface area contributed by atoms with Crippen molar-refractivity contribution in [1.29, 1.82) is 10.5 Å². The molecule has 2 aromatic heterocycles. The Kier molecular flexibility index (Phi) is 7.28. The monoisotopic (exact) mass is 569 g/mol. The Morgan fingerprint density at radius 3 is 2.51 bits per heavy atom. The summed E-state index contributed by atoms with van der Waals surface area (Å²) in [5.41, 5.74) is 4.19. The molecule has 1 atom stereocenters. The second-order valence-corrected chi connectivity index (χ2v) is 13.3. The first kappa shape index (κ1) is 27.9. The van der Waals surface area contributed by atoms with Gasteiger partial charge in [0.2, 0.25) is 10.0 Å². The molecule has 0 saturated heterocycles. The van der Waals surface area contributed by atoms with Crippen LogP contribution in [-0.2, 0) is 10.0 Å². The van der Waals surface area contributed by atoms with Crippen LogP contribution in [0.4, 0.5) is 17.1 Å². The number of nitrogens with zero attached hydrogens (tertiary/aromatic N) is 6. The van der Waals surface area contributed by atoms with Gasteiger partial charge < -0.3 is 10.6 Å². The van der Waals surface area contributed by atoms with Crippen molar-refractivity contribution in [3.63, 3.8) is 0 Å². The number of benzene rings is 2. The average molecular weight is 570 g/mol. The summed E-state index contributed by atoms with van der Waals surface area (Å²) in [6.45, 7) is 6.88. The standard InChI is InChI=1S/C29H31N9O2S/c1-29(2,3)17-33-27-20(14-31)15-32-26-19(13-30)11-22(12-24(26)27)34-28(25-16-38(37-35-25)23-8-9-23)18-6-5-7-21(10-18)36-41(4,39)40/h5-7,10-12,15-16,23,28,34,36H,8-9,17H2,1-4H3,(H,32,33). The van der Waals surface area contributed by atoms with E-state index in [0.29, 0.717) is 57.4 Å². The highest BCUT2D eigenvalue weighted by Gasteiger charge is 2.27. The van der Waals surface area contributed by atoms with Gasteiger partial charge in [0.25, 0.3) is 0 Å². The number of aromatic nitrogens is 4. The Balaban J connectivity index is 1.62. The highest BCUT2D eigenvalue weighted by atomic mass is 32.2. The SMILES string of the molecule is CC(C)(C)CNc1c(C#N)cnc2c(C#N)cc(NC(c3cccc(NS(C)(=O)=O)c3)c3cn(C4CC4)nn3)cc12. The van der Waals surface area contributed by atoms with E-state index in [1.165, 1.54) is 6.20 Å². The second kappa shape index (κ2) is 10.7. The molecule has 1 unspecified atom stereocenters. The lowest BCUT2D eigenvalue weighted by Crippen LogP contribution is -2.20. The molecule has 4 aromatic rings. The van der Waals surface area contributed by atoms with Gasteiger partial charge in [-0.25, -0.2) is 13.1 Å². The molecule has 0 spiro atoms. The molecule has 2 aromatic carbocycles. The van der Waals surface area contributed by atoms with Gasteiger partial charge in [-0.3, -0.25) is 9.71 Å². The van der Waals surface area contributed by atoms with E-state index in [2.05, 4.69) is 63.6 Å². The Labute approximate surface area is 239 Å². The Bertz CT molecular complexity index is 1810. The summed E-state index contributed by atoms with van der Waals surface area (Å²) in [6.07, 6.45) is 6.57. The lowest BCUT2D eigenvalue weighted by molar-refractivity contribution is 0.443. The number of pyridine rings is 1. The highest BCUT2D eigenvalue weighted by Crippen LogP contribution is 2.37. The Morgan fingerprint density at radius 1 is 1.10 bits per heavy atom. The largest absolute Gasteiger partial charge is 0.383 e. The fraction of sp³-hybridized carbons (Fsp3) is 0.345. The lowest BCUT2D eigenvalue weighted by atomic mass is 9.96. The van der Waals surface area contributed by atoms with Crippen molar-refractivity contribution in [2.45, 2.75) is 45.7 Å². The maximum Gasteiger partial charge on any atom is 0.229 e. The van der Waals surface area contributed by atoms with Gasteiger partial charge in [0.15, 0.2) is 0 Å². The van der Waals surface area contributed by atoms with Crippen molar-refractivity contribution in [3.8, 4) is 12.1 Å². The summed E-state index contributed by atoms with van der Waals surface area (Å²) >= 11 is 0. The normalized spacial score (nSPS) is 14.2. The molecule has 1 aliphatic carbocycles. The molecule has 0 amide bonds. The number of sulfonamides is 1. The van der Waals surface area contributed by atoms with Gasteiger partial charge in [-0.2, -0.15) is 10.5 Å². The first-order valence-corrected chi connectivity index (χ1v) is 15.1. The van der Waals surface area contributed by atoms with E-state index in [1.807, 2.05) is 23.0 Å². The highest BCUT2D eigenvalue weighted by molar-refractivity contribution is 7.92. The fourth-order valence-electron chi connectivity index (χ4n) is 4.53. The molecule has 0 bridgehead atoms. The van der Waals surface area contributed by atoms with E-state index in [4.69, 9.17) is 0 Å². The van der Waals surface area contributed by atoms with Gasteiger partial charge in [0.1, 0.15) is 17.8 Å². The minimum absolute atomic E-state index is 0.0558. The molecule has 1 aliphatic rings. The van der Waals surface area contributed by atoms with E-state index < -0.39 is 16.1 Å². The first-order valence-electron chi connectivity index (χ1n) is 13.2. The quantitative estimate of drug-likeness (QED) is 0.254. The van der Waals surface area contributed by atoms with Crippen LogP contribution in [0.25, 0.3) is 10.9 Å². The van der Waals surface area contributed by atoms with Crippen molar-refractivity contribution >= 4 is 38.0 Å². The molecule has 0 radical (unpaired) electrons. The number of hydrogen-bond acceptors (Lipinski definition) is 9. The first-order chi connectivity index (χ1) is 19.4. The summed E-state index contributed by atoms with van der Waals surface area (Å²) in [6, 6.07) is 14.9. The van der Waals surface area contributed by atoms with Crippen molar-refractivity contribution in [2.75, 3.05) is 28.2 Å². The van der Waals surface area contributed by atoms with Crippen molar-refractivity contribution in [2.24, 2.45) is 5.41 Å². The third-order valence-corrected chi connectivity index (χ3v) is 7.19. The van der Waals surface area contributed by atoms with Crippen LogP contribution >= 0.6 is 0 Å². The molecule has 2 heterocycles. The average Bonchev–Trinajstić information content (AvgIpc) is 3.65. The third-order valence-electron chi connectivity index (χ3n) is 6.59. The topological polar surface area (TPSA) is 161 Å². The summed E-state index contributed by atoms with van der Waals surface area (Å²) in [7, 11) is -3.48. The molecule has 5 rings (SSSR count). The molecule has 210 valence electrons. The fourth-order valence-corrected chi connectivity index (χ4v) is 5.09. The van der Waals surface area contributed by atoms with Crippen LogP contribution < -0.4 is 15.4 Å². The van der Waals surface area contributed by atoms with Crippen LogP contribution in [0.1, 0.15) is 68.1 Å². The lowest BCUT2D eigenvalue weighted by Gasteiger charge is -2.22. The summed E-state index contributed by atoms with van der Waals surface area (Å²) in [5, 5.41) is 36.2. The molecule has 0 aliphatic heterocycles. The maximum absolute atomic E-state index is 11.9. The molecule has 1 saturated carbocycles. The molecule has 3 N–H and O–H groups in total. The van der Waals surface area contributed by atoms with E-state index in [1.54, 1.807) is 24.3 Å². The Hall–Kier alpha value is -4.68. The summed E-state index contributed by atoms with van der Waals surface area (Å²) in [4.78, 5) is 4.44. The minimum Gasteiger partial charge on any atom is -0.383 e. The Morgan fingerprint density at radius 2 is 1.85 bits per heavy atom. The van der Waals surface area contributed by atoms with Gasteiger partial charge in [0.05, 0.1) is 46.9 Å². The smallest absolute Gasteiger partial charge is 0.229 e. The van der Waals surface area contributed by atoms with Crippen molar-refractivity contribution < 1.29 is 8.42 Å². The second-order valence-electron chi connectivity index (χ2n) is 11.5. The van der Waals surface area contributed by atoms with Gasteiger partial charge in [-0.1, -0.05) is 38.1 Å². The van der Waals surface area contributed by atoms with Crippen molar-refractivity contribution in [3.05, 3.63) is 71.2 Å². The van der Waals surface area contributed by atoms with E-state index >= 15 is 0 Å². The third kappa shape index (κ3) is 6.56. The molecular weight excluding hydrogens is 538 g/mol. The predicted octanol–water partition coefficient (Wildman–Crippen LogP) is 4.94. The molecular formula is C29H31N9O2S.